The van der Waals surface area contributed by atoms with Crippen LogP contribution in [0.3, 0.4) is 0 Å². The van der Waals surface area contributed by atoms with Crippen LogP contribution in [0.5, 0.6) is 5.75 Å². The predicted octanol–water partition coefficient (Wildman–Crippen LogP) is 4.00. The van der Waals surface area contributed by atoms with Crippen LogP contribution in [0.1, 0.15) is 47.1 Å². The molecule has 0 saturated heterocycles. The number of sulfone groups is 1. The second-order valence-electron chi connectivity index (χ2n) is 9.54. The van der Waals surface area contributed by atoms with Crippen LogP contribution in [-0.2, 0) is 30.5 Å². The quantitative estimate of drug-likeness (QED) is 0.604. The number of carbonyl (C=O) groups is 2. The van der Waals surface area contributed by atoms with Crippen LogP contribution in [0.25, 0.3) is 0 Å². The average Bonchev–Trinajstić information content (AvgIpc) is 2.66. The van der Waals surface area contributed by atoms with E-state index in [0.717, 1.165) is 6.07 Å². The van der Waals surface area contributed by atoms with Gasteiger partial charge in [-0.1, -0.05) is 24.3 Å². The molecule has 0 aliphatic heterocycles. The predicted molar refractivity (Wildman–Crippen MR) is 123 cm³/mol. The topological polar surface area (TPSA) is 119 Å². The summed E-state index contributed by atoms with van der Waals surface area (Å²) < 4.78 is 37.2. The molecule has 0 saturated carbocycles. The normalized spacial score (nSPS) is 13.2. The van der Waals surface area contributed by atoms with E-state index in [1.54, 1.807) is 59.7 Å². The molecule has 2 aromatic rings. The Bertz CT molecular complexity index is 1100. The molecule has 0 aromatic heterocycles. The number of phenolic OH excluding ortho intramolecular Hbond substituents is 1. The van der Waals surface area contributed by atoms with Crippen molar-refractivity contribution in [1.82, 2.24) is 5.32 Å². The first-order chi connectivity index (χ1) is 15.1. The first kappa shape index (κ1) is 26.2. The second kappa shape index (κ2) is 9.82. The van der Waals surface area contributed by atoms with Crippen molar-refractivity contribution >= 4 is 21.9 Å². The van der Waals surface area contributed by atoms with Crippen molar-refractivity contribution in [2.75, 3.05) is 0 Å². The summed E-state index contributed by atoms with van der Waals surface area (Å²) in [6.45, 7) is 10.1. The van der Waals surface area contributed by atoms with Gasteiger partial charge in [-0.25, -0.2) is 18.0 Å². The van der Waals surface area contributed by atoms with Gasteiger partial charge in [-0.15, -0.1) is 0 Å². The lowest BCUT2D eigenvalue weighted by Crippen LogP contribution is -2.47. The Morgan fingerprint density at radius 3 is 2.06 bits per heavy atom. The molecule has 0 spiro atoms. The van der Waals surface area contributed by atoms with E-state index in [9.17, 15) is 23.1 Å². The Balaban J connectivity index is 2.47. The second-order valence-corrected chi connectivity index (χ2v) is 11.5. The molecule has 180 valence electrons. The number of rotatable bonds is 6. The number of carbonyl (C=O) groups excluding carboxylic acids is 2. The summed E-state index contributed by atoms with van der Waals surface area (Å²) in [5.74, 6) is -0.994. The third-order valence-electron chi connectivity index (χ3n) is 4.20. The lowest BCUT2D eigenvalue weighted by Gasteiger charge is -2.26. The highest BCUT2D eigenvalue weighted by atomic mass is 32.2. The smallest absolute Gasteiger partial charge is 0.408 e. The van der Waals surface area contributed by atoms with E-state index >= 15 is 0 Å². The molecular weight excluding hydrogens is 446 g/mol. The van der Waals surface area contributed by atoms with Crippen molar-refractivity contribution in [3.05, 3.63) is 54.1 Å². The molecule has 0 bridgehead atoms. The first-order valence-corrected chi connectivity index (χ1v) is 11.9. The lowest BCUT2D eigenvalue weighted by atomic mass is 10.1. The summed E-state index contributed by atoms with van der Waals surface area (Å²) in [5, 5.41) is 12.5. The summed E-state index contributed by atoms with van der Waals surface area (Å²) in [6.07, 6.45) is -1.04. The van der Waals surface area contributed by atoms with Gasteiger partial charge in [0.1, 0.15) is 23.0 Å². The van der Waals surface area contributed by atoms with Crippen molar-refractivity contribution in [3.8, 4) is 5.75 Å². The number of hydrogen-bond donors (Lipinski definition) is 2. The van der Waals surface area contributed by atoms with Gasteiger partial charge in [0.15, 0.2) is 0 Å². The van der Waals surface area contributed by atoms with Crippen LogP contribution in [0.2, 0.25) is 0 Å². The third-order valence-corrected chi connectivity index (χ3v) is 6.05. The Morgan fingerprint density at radius 1 is 0.939 bits per heavy atom. The summed E-state index contributed by atoms with van der Waals surface area (Å²) in [4.78, 5) is 25.1. The monoisotopic (exact) mass is 477 g/mol. The number of aromatic hydroxyl groups is 1. The van der Waals surface area contributed by atoms with Gasteiger partial charge in [0.25, 0.3) is 0 Å². The highest BCUT2D eigenvalue weighted by molar-refractivity contribution is 7.91. The van der Waals surface area contributed by atoms with Crippen molar-refractivity contribution in [2.45, 2.75) is 75.0 Å². The minimum absolute atomic E-state index is 0.0331. The minimum atomic E-state index is -4.01. The Morgan fingerprint density at radius 2 is 1.52 bits per heavy atom. The Kier molecular flexibility index (Phi) is 7.79. The molecule has 0 aliphatic rings. The third kappa shape index (κ3) is 7.78. The van der Waals surface area contributed by atoms with E-state index in [1.807, 2.05) is 0 Å². The average molecular weight is 478 g/mol. The molecule has 2 rings (SSSR count). The zero-order chi connectivity index (χ0) is 25.0. The van der Waals surface area contributed by atoms with E-state index in [2.05, 4.69) is 5.32 Å². The number of ether oxygens (including phenoxy) is 2. The lowest BCUT2D eigenvalue weighted by molar-refractivity contribution is -0.157. The molecule has 0 radical (unpaired) electrons. The van der Waals surface area contributed by atoms with E-state index in [-0.39, 0.29) is 27.5 Å². The number of phenols is 1. The zero-order valence-electron chi connectivity index (χ0n) is 19.7. The van der Waals surface area contributed by atoms with E-state index in [4.69, 9.17) is 9.47 Å². The number of nitrogens with one attached hydrogen (secondary N) is 1. The Labute approximate surface area is 194 Å². The van der Waals surface area contributed by atoms with Crippen LogP contribution >= 0.6 is 0 Å². The van der Waals surface area contributed by atoms with Crippen molar-refractivity contribution in [3.63, 3.8) is 0 Å². The first-order valence-electron chi connectivity index (χ1n) is 10.4. The standard InChI is InChI=1S/C24H31NO7S/c1-23(2,3)31-21(27)19(25-22(28)32-24(4,5)6)14-16-12-13-17(26)15-20(16)33(29,30)18-10-8-7-9-11-18/h7-13,15,19,26H,14H2,1-6H3,(H,25,28)/t19-/m0/s1. The molecular formula is C24H31NO7S. The summed E-state index contributed by atoms with van der Waals surface area (Å²) >= 11 is 0. The van der Waals surface area contributed by atoms with Gasteiger partial charge in [-0.3, -0.25) is 0 Å². The number of benzene rings is 2. The molecule has 0 unspecified atom stereocenters. The van der Waals surface area contributed by atoms with Crippen LogP contribution in [-0.4, -0.2) is 42.8 Å². The maximum Gasteiger partial charge on any atom is 0.408 e. The molecule has 0 aliphatic carbocycles. The summed E-state index contributed by atoms with van der Waals surface area (Å²) in [6, 6.07) is 10.3. The van der Waals surface area contributed by atoms with Crippen molar-refractivity contribution in [1.29, 1.82) is 0 Å². The van der Waals surface area contributed by atoms with Crippen LogP contribution < -0.4 is 5.32 Å². The van der Waals surface area contributed by atoms with E-state index in [1.165, 1.54) is 24.3 Å². The number of hydrogen-bond acceptors (Lipinski definition) is 7. The number of alkyl carbamates (subject to hydrolysis) is 1. The molecule has 2 N–H and O–H groups in total. The fraction of sp³-hybridized carbons (Fsp3) is 0.417. The van der Waals surface area contributed by atoms with E-state index in [0.29, 0.717) is 0 Å². The highest BCUT2D eigenvalue weighted by Crippen LogP contribution is 2.28. The molecule has 8 nitrogen and oxygen atoms in total. The maximum atomic E-state index is 13.3. The molecule has 9 heteroatoms. The van der Waals surface area contributed by atoms with Crippen molar-refractivity contribution < 1.29 is 32.6 Å². The minimum Gasteiger partial charge on any atom is -0.508 e. The highest BCUT2D eigenvalue weighted by Gasteiger charge is 2.31. The molecule has 0 heterocycles. The maximum absolute atomic E-state index is 13.3. The summed E-state index contributed by atoms with van der Waals surface area (Å²) in [5.41, 5.74) is -1.41. The molecule has 0 fully saturated rings. The molecule has 33 heavy (non-hydrogen) atoms. The van der Waals surface area contributed by atoms with Gasteiger partial charge in [-0.2, -0.15) is 0 Å². The van der Waals surface area contributed by atoms with Gasteiger partial charge in [-0.05, 0) is 71.4 Å². The van der Waals surface area contributed by atoms with Gasteiger partial charge >= 0.3 is 12.1 Å². The van der Waals surface area contributed by atoms with Gasteiger partial charge in [0.05, 0.1) is 9.79 Å². The van der Waals surface area contributed by atoms with Gasteiger partial charge < -0.3 is 19.9 Å². The fourth-order valence-electron chi connectivity index (χ4n) is 2.92. The van der Waals surface area contributed by atoms with Crippen LogP contribution in [0, 0.1) is 0 Å². The van der Waals surface area contributed by atoms with Crippen LogP contribution in [0.4, 0.5) is 4.79 Å². The molecule has 1 amide bonds. The van der Waals surface area contributed by atoms with Gasteiger partial charge in [0.2, 0.25) is 9.84 Å². The zero-order valence-corrected chi connectivity index (χ0v) is 20.5. The number of esters is 1. The van der Waals surface area contributed by atoms with E-state index < -0.39 is 39.1 Å². The van der Waals surface area contributed by atoms with Gasteiger partial charge in [0, 0.05) is 6.42 Å². The fourth-order valence-corrected chi connectivity index (χ4v) is 4.47. The van der Waals surface area contributed by atoms with Crippen LogP contribution in [0.15, 0.2) is 58.3 Å². The Hall–Kier alpha value is -3.07. The van der Waals surface area contributed by atoms with Crippen molar-refractivity contribution in [2.24, 2.45) is 0 Å². The number of amides is 1. The summed E-state index contributed by atoms with van der Waals surface area (Å²) in [7, 11) is -4.01. The largest absolute Gasteiger partial charge is 0.508 e. The molecule has 1 atom stereocenters. The molecule has 2 aromatic carbocycles. The SMILES string of the molecule is CC(C)(C)OC(=O)N[C@@H](Cc1ccc(O)cc1S(=O)(=O)c1ccccc1)C(=O)OC(C)(C)C.